The average Bonchev–Trinajstić information content (AvgIpc) is 3.85. The Kier molecular flexibility index (Phi) is 7.59. The van der Waals surface area contributed by atoms with E-state index in [0.717, 1.165) is 113 Å². The van der Waals surface area contributed by atoms with Crippen molar-refractivity contribution in [2.45, 2.75) is 108 Å². The van der Waals surface area contributed by atoms with Crippen LogP contribution in [0.5, 0.6) is 0 Å². The van der Waals surface area contributed by atoms with Gasteiger partial charge >= 0.3 is 6.09 Å². The molecule has 4 aliphatic rings. The van der Waals surface area contributed by atoms with Crippen LogP contribution in [-0.2, 0) is 15.9 Å². The van der Waals surface area contributed by atoms with Gasteiger partial charge in [0.25, 0.3) is 0 Å². The molecule has 10 nitrogen and oxygen atoms in total. The van der Waals surface area contributed by atoms with Crippen molar-refractivity contribution in [2.75, 3.05) is 30.9 Å². The molecule has 3 fully saturated rings. The van der Waals surface area contributed by atoms with Crippen LogP contribution >= 0.6 is 23.1 Å². The van der Waals surface area contributed by atoms with Crippen LogP contribution in [0.25, 0.3) is 42.5 Å². The number of thioether (sulfide) groups is 1. The molecule has 4 aromatic heterocycles. The topological polar surface area (TPSA) is 98.5 Å². The lowest BCUT2D eigenvalue weighted by atomic mass is 9.91. The van der Waals surface area contributed by atoms with Crippen LogP contribution in [-0.4, -0.2) is 79.4 Å². The number of rotatable bonds is 4. The molecule has 0 N–H and O–H groups in total. The number of carbonyl (C=O) groups is 1. The zero-order valence-electron chi connectivity index (χ0n) is 28.9. The van der Waals surface area contributed by atoms with Gasteiger partial charge in [-0.1, -0.05) is 18.7 Å². The van der Waals surface area contributed by atoms with Crippen LogP contribution in [0, 0.1) is 0 Å². The Morgan fingerprint density at radius 3 is 2.63 bits per heavy atom. The molecule has 12 heteroatoms. The van der Waals surface area contributed by atoms with Gasteiger partial charge in [0.05, 0.1) is 39.6 Å². The molecule has 3 saturated heterocycles. The van der Waals surface area contributed by atoms with E-state index in [1.54, 1.807) is 23.1 Å². The first-order chi connectivity index (χ1) is 23.7. The summed E-state index contributed by atoms with van der Waals surface area (Å²) in [6, 6.07) is 4.68. The Morgan fingerprint density at radius 1 is 1.08 bits per heavy atom. The van der Waals surface area contributed by atoms with Crippen LogP contribution in [0.2, 0.25) is 0 Å². The predicted octanol–water partition coefficient (Wildman–Crippen LogP) is 8.32. The second-order valence-corrected chi connectivity index (χ2v) is 16.9. The molecular weight excluding hydrogens is 655 g/mol. The fourth-order valence-corrected chi connectivity index (χ4v) is 10.3. The van der Waals surface area contributed by atoms with Crippen molar-refractivity contribution in [3.63, 3.8) is 0 Å². The Morgan fingerprint density at radius 2 is 1.90 bits per heavy atom. The molecule has 1 aromatic carbocycles. The normalized spacial score (nSPS) is 24.0. The molecule has 0 radical (unpaired) electrons. The predicted molar refractivity (Wildman–Crippen MR) is 196 cm³/mol. The molecular formula is C37H43N7O3S2. The lowest BCUT2D eigenvalue weighted by Crippen LogP contribution is -2.57. The summed E-state index contributed by atoms with van der Waals surface area (Å²) in [5.41, 5.74) is 5.63. The van der Waals surface area contributed by atoms with E-state index in [4.69, 9.17) is 29.5 Å². The second kappa shape index (κ2) is 11.8. The first-order valence-corrected chi connectivity index (χ1v) is 19.8. The zero-order valence-corrected chi connectivity index (χ0v) is 30.5. The van der Waals surface area contributed by atoms with Gasteiger partial charge in [-0.3, -0.25) is 9.88 Å². The molecule has 1 aliphatic carbocycles. The summed E-state index contributed by atoms with van der Waals surface area (Å²) in [5.74, 6) is 1.39. The maximum absolute atomic E-state index is 13.3. The number of fused-ring (bicyclic) bond motifs is 7. The SMILES string of the molecule is CSc1nc(N2C[C@H]3CC[C@@H](C2)N3C(=O)OC(C)(C)C)c2c(n1)sc1c(-c3c4c(cc5c3cnn5C3CCCCO3)CCC4C)nccc12. The molecule has 9 rings (SSSR count). The van der Waals surface area contributed by atoms with Gasteiger partial charge in [0.2, 0.25) is 0 Å². The smallest absolute Gasteiger partial charge is 0.410 e. The van der Waals surface area contributed by atoms with E-state index >= 15 is 0 Å². The van der Waals surface area contributed by atoms with E-state index in [-0.39, 0.29) is 24.4 Å². The lowest BCUT2D eigenvalue weighted by Gasteiger charge is -2.42. The van der Waals surface area contributed by atoms with Gasteiger partial charge in [0.15, 0.2) is 11.4 Å². The highest BCUT2D eigenvalue weighted by molar-refractivity contribution is 7.98. The minimum Gasteiger partial charge on any atom is -0.444 e. The first kappa shape index (κ1) is 31.5. The van der Waals surface area contributed by atoms with E-state index in [9.17, 15) is 4.79 Å². The van der Waals surface area contributed by atoms with Gasteiger partial charge in [0.1, 0.15) is 16.2 Å². The molecule has 0 spiro atoms. The van der Waals surface area contributed by atoms with Gasteiger partial charge in [-0.05, 0) is 101 Å². The quantitative estimate of drug-likeness (QED) is 0.136. The third-order valence-corrected chi connectivity index (χ3v) is 12.5. The monoisotopic (exact) mass is 697 g/mol. The minimum atomic E-state index is -0.522. The summed E-state index contributed by atoms with van der Waals surface area (Å²) >= 11 is 3.29. The minimum absolute atomic E-state index is 0.0297. The summed E-state index contributed by atoms with van der Waals surface area (Å²) in [4.78, 5) is 34.0. The number of anilines is 1. The van der Waals surface area contributed by atoms with Gasteiger partial charge < -0.3 is 14.4 Å². The van der Waals surface area contributed by atoms with Gasteiger partial charge in [-0.2, -0.15) is 5.10 Å². The molecule has 3 aliphatic heterocycles. The summed E-state index contributed by atoms with van der Waals surface area (Å²) in [6.07, 6.45) is 13.2. The number of benzene rings is 1. The van der Waals surface area contributed by atoms with Crippen molar-refractivity contribution in [1.29, 1.82) is 0 Å². The highest BCUT2D eigenvalue weighted by Gasteiger charge is 2.45. The zero-order chi connectivity index (χ0) is 33.6. The third kappa shape index (κ3) is 5.19. The first-order valence-electron chi connectivity index (χ1n) is 17.7. The summed E-state index contributed by atoms with van der Waals surface area (Å²) in [7, 11) is 0. The van der Waals surface area contributed by atoms with Crippen molar-refractivity contribution in [2.24, 2.45) is 0 Å². The number of thiophene rings is 1. The Labute approximate surface area is 294 Å². The molecule has 2 unspecified atom stereocenters. The molecule has 7 heterocycles. The van der Waals surface area contributed by atoms with E-state index in [0.29, 0.717) is 5.92 Å². The summed E-state index contributed by atoms with van der Waals surface area (Å²) < 4.78 is 15.3. The molecule has 1 amide bonds. The van der Waals surface area contributed by atoms with Crippen LogP contribution in [0.3, 0.4) is 0 Å². The molecule has 49 heavy (non-hydrogen) atoms. The number of ether oxygens (including phenoxy) is 2. The van der Waals surface area contributed by atoms with E-state index in [1.807, 2.05) is 44.3 Å². The maximum atomic E-state index is 13.3. The lowest BCUT2D eigenvalue weighted by molar-refractivity contribution is -0.0366. The molecule has 0 saturated carbocycles. The van der Waals surface area contributed by atoms with Crippen LogP contribution in [0.1, 0.15) is 89.5 Å². The average molecular weight is 698 g/mol. The Balaban J connectivity index is 1.19. The molecule has 256 valence electrons. The number of carbonyl (C=O) groups excluding carboxylic acids is 1. The number of aryl methyl sites for hydroxylation is 1. The van der Waals surface area contributed by atoms with Gasteiger partial charge in [0, 0.05) is 42.2 Å². The van der Waals surface area contributed by atoms with Crippen molar-refractivity contribution in [3.8, 4) is 11.3 Å². The number of nitrogens with zero attached hydrogens (tertiary/aromatic N) is 7. The Bertz CT molecular complexity index is 2100. The number of piperazine rings is 1. The van der Waals surface area contributed by atoms with E-state index in [1.165, 1.54) is 16.7 Å². The van der Waals surface area contributed by atoms with E-state index < -0.39 is 5.60 Å². The number of pyridine rings is 1. The van der Waals surface area contributed by atoms with Crippen LogP contribution in [0.4, 0.5) is 10.6 Å². The van der Waals surface area contributed by atoms with Crippen molar-refractivity contribution >= 4 is 66.2 Å². The largest absolute Gasteiger partial charge is 0.444 e. The Hall–Kier alpha value is -3.48. The second-order valence-electron chi connectivity index (χ2n) is 15.1. The number of aromatic nitrogens is 5. The third-order valence-electron chi connectivity index (χ3n) is 10.8. The van der Waals surface area contributed by atoms with Crippen LogP contribution in [0.15, 0.2) is 29.7 Å². The summed E-state index contributed by atoms with van der Waals surface area (Å²) in [6.45, 7) is 10.4. The van der Waals surface area contributed by atoms with Crippen molar-refractivity contribution in [3.05, 3.63) is 35.7 Å². The van der Waals surface area contributed by atoms with Gasteiger partial charge in [-0.15, -0.1) is 11.3 Å². The van der Waals surface area contributed by atoms with Crippen LogP contribution < -0.4 is 4.90 Å². The highest BCUT2D eigenvalue weighted by Crippen LogP contribution is 2.49. The maximum Gasteiger partial charge on any atom is 0.410 e. The van der Waals surface area contributed by atoms with Crippen molar-refractivity contribution in [1.82, 2.24) is 29.6 Å². The highest BCUT2D eigenvalue weighted by atomic mass is 32.2. The van der Waals surface area contributed by atoms with Crippen molar-refractivity contribution < 1.29 is 14.3 Å². The molecule has 5 aromatic rings. The molecule has 2 bridgehead atoms. The molecule has 4 atom stereocenters. The fraction of sp³-hybridized carbons (Fsp3) is 0.541. The number of hydrogen-bond donors (Lipinski definition) is 0. The summed E-state index contributed by atoms with van der Waals surface area (Å²) in [5, 5.41) is 9.06. The number of hydrogen-bond acceptors (Lipinski definition) is 10. The standard InChI is InChI=1S/C37H43N7O3S2/c1-20-9-10-21-16-26-25(17-39-44(26)27-8-6-7-15-46-27)29(28(20)21)31-32-24(13-14-38-31)30-33(40-35(48-5)41-34(30)49-32)42-18-22-11-12-23(19-42)43(22)36(45)47-37(2,3)4/h13-14,16-17,20,22-23,27H,6-12,15,18-19H2,1-5H3/t20?,22-,23+,27?. The number of amides is 1. The van der Waals surface area contributed by atoms with Gasteiger partial charge in [-0.25, -0.2) is 19.4 Å². The van der Waals surface area contributed by atoms with E-state index in [2.05, 4.69) is 28.6 Å². The fourth-order valence-electron chi connectivity index (χ4n) is 8.70.